The van der Waals surface area contributed by atoms with Crippen molar-refractivity contribution in [1.82, 2.24) is 4.90 Å². The normalized spacial score (nSPS) is 26.2. The Morgan fingerprint density at radius 1 is 1.24 bits per heavy atom. The van der Waals surface area contributed by atoms with Gasteiger partial charge in [-0.05, 0) is 19.4 Å². The molecule has 1 aliphatic rings. The number of carbonyl (C=O) groups excluding carboxylic acids is 1. The Morgan fingerprint density at radius 3 is 2.53 bits per heavy atom. The van der Waals surface area contributed by atoms with Gasteiger partial charge in [0.05, 0.1) is 0 Å². The third-order valence-corrected chi connectivity index (χ3v) is 3.96. The third-order valence-electron chi connectivity index (χ3n) is 3.96. The first-order chi connectivity index (χ1) is 8.08. The Morgan fingerprint density at radius 2 is 1.88 bits per heavy atom. The van der Waals surface area contributed by atoms with Crippen LogP contribution in [0.15, 0.2) is 24.3 Å². The molecule has 17 heavy (non-hydrogen) atoms. The number of aryl methyl sites for hydroxylation is 1. The van der Waals surface area contributed by atoms with Gasteiger partial charge in [-0.25, -0.2) is 0 Å². The predicted octanol–water partition coefficient (Wildman–Crippen LogP) is 2.79. The first-order valence-electron chi connectivity index (χ1n) is 6.40. The molecule has 2 rings (SSSR count). The van der Waals surface area contributed by atoms with Crippen LogP contribution < -0.4 is 0 Å². The van der Waals surface area contributed by atoms with E-state index in [0.717, 1.165) is 13.1 Å². The van der Waals surface area contributed by atoms with E-state index in [1.807, 2.05) is 6.92 Å². The number of nitrogens with zero attached hydrogens (tertiary/aromatic N) is 1. The molecular formula is C15H21NO. The minimum Gasteiger partial charge on any atom is -0.299 e. The maximum atomic E-state index is 11.6. The average molecular weight is 231 g/mol. The van der Waals surface area contributed by atoms with Crippen molar-refractivity contribution in [2.45, 2.75) is 39.8 Å². The molecule has 92 valence electrons. The number of piperidine rings is 1. The first-order valence-corrected chi connectivity index (χ1v) is 6.40. The molecule has 2 nitrogen and oxygen atoms in total. The molecule has 0 radical (unpaired) electrons. The van der Waals surface area contributed by atoms with Gasteiger partial charge in [-0.2, -0.15) is 0 Å². The van der Waals surface area contributed by atoms with Gasteiger partial charge < -0.3 is 0 Å². The second kappa shape index (κ2) is 5.01. The molecule has 0 bridgehead atoms. The number of ketones is 1. The molecule has 0 saturated carbocycles. The summed E-state index contributed by atoms with van der Waals surface area (Å²) in [4.78, 5) is 14.0. The fraction of sp³-hybridized carbons (Fsp3) is 0.533. The van der Waals surface area contributed by atoms with E-state index in [9.17, 15) is 4.79 Å². The summed E-state index contributed by atoms with van der Waals surface area (Å²) >= 11 is 0. The Kier molecular flexibility index (Phi) is 3.63. The lowest BCUT2D eigenvalue weighted by molar-refractivity contribution is -0.128. The Hall–Kier alpha value is -1.15. The van der Waals surface area contributed by atoms with Crippen LogP contribution in [-0.4, -0.2) is 23.3 Å². The van der Waals surface area contributed by atoms with Crippen LogP contribution in [0.2, 0.25) is 0 Å². The van der Waals surface area contributed by atoms with Crippen LogP contribution in [0.25, 0.3) is 0 Å². The minimum absolute atomic E-state index is 0.175. The van der Waals surface area contributed by atoms with E-state index < -0.39 is 0 Å². The summed E-state index contributed by atoms with van der Waals surface area (Å²) in [7, 11) is 0. The molecule has 0 spiro atoms. The molecule has 0 N–H and O–H groups in total. The van der Waals surface area contributed by atoms with E-state index in [1.54, 1.807) is 0 Å². The van der Waals surface area contributed by atoms with Gasteiger partial charge in [-0.3, -0.25) is 9.69 Å². The summed E-state index contributed by atoms with van der Waals surface area (Å²) in [6.45, 7) is 8.18. The lowest BCUT2D eigenvalue weighted by Gasteiger charge is -2.37. The highest BCUT2D eigenvalue weighted by atomic mass is 16.1. The first kappa shape index (κ1) is 12.3. The molecule has 0 aromatic heterocycles. The number of likely N-dealkylation sites (tertiary alicyclic amines) is 1. The summed E-state index contributed by atoms with van der Waals surface area (Å²) in [5, 5.41) is 0. The zero-order chi connectivity index (χ0) is 12.4. The highest BCUT2D eigenvalue weighted by Gasteiger charge is 2.30. The van der Waals surface area contributed by atoms with Gasteiger partial charge in [0.1, 0.15) is 5.78 Å². The number of carbonyl (C=O) groups is 1. The van der Waals surface area contributed by atoms with Gasteiger partial charge >= 0.3 is 0 Å². The van der Waals surface area contributed by atoms with Crippen LogP contribution in [0.4, 0.5) is 0 Å². The van der Waals surface area contributed by atoms with Crippen molar-refractivity contribution in [3.05, 3.63) is 35.4 Å². The van der Waals surface area contributed by atoms with Crippen molar-refractivity contribution in [2.24, 2.45) is 5.92 Å². The standard InChI is InChI=1S/C15H21NO/c1-11-4-6-14(7-5-11)10-16-9-8-15(17)12(2)13(16)3/h4-7,12-13H,8-10H2,1-3H3. The van der Waals surface area contributed by atoms with Crippen molar-refractivity contribution < 1.29 is 4.79 Å². The quantitative estimate of drug-likeness (QED) is 0.780. The predicted molar refractivity (Wildman–Crippen MR) is 69.8 cm³/mol. The fourth-order valence-corrected chi connectivity index (χ4v) is 2.42. The van der Waals surface area contributed by atoms with E-state index in [2.05, 4.69) is 43.0 Å². The van der Waals surface area contributed by atoms with Gasteiger partial charge in [0.15, 0.2) is 0 Å². The summed E-state index contributed by atoms with van der Waals surface area (Å²) < 4.78 is 0. The highest BCUT2D eigenvalue weighted by molar-refractivity contribution is 5.82. The van der Waals surface area contributed by atoms with Crippen LogP contribution in [0, 0.1) is 12.8 Å². The second-order valence-electron chi connectivity index (χ2n) is 5.20. The van der Waals surface area contributed by atoms with Crippen molar-refractivity contribution in [1.29, 1.82) is 0 Å². The zero-order valence-corrected chi connectivity index (χ0v) is 10.9. The molecule has 1 fully saturated rings. The average Bonchev–Trinajstić information content (AvgIpc) is 2.33. The molecule has 1 heterocycles. The molecule has 1 saturated heterocycles. The lowest BCUT2D eigenvalue weighted by atomic mass is 9.90. The van der Waals surface area contributed by atoms with Crippen LogP contribution in [0.1, 0.15) is 31.4 Å². The van der Waals surface area contributed by atoms with E-state index in [4.69, 9.17) is 0 Å². The van der Waals surface area contributed by atoms with E-state index in [1.165, 1.54) is 11.1 Å². The lowest BCUT2D eigenvalue weighted by Crippen LogP contribution is -2.46. The molecule has 1 aliphatic heterocycles. The molecule has 2 heteroatoms. The second-order valence-corrected chi connectivity index (χ2v) is 5.20. The van der Waals surface area contributed by atoms with Crippen LogP contribution in [-0.2, 0) is 11.3 Å². The smallest absolute Gasteiger partial charge is 0.138 e. The Labute approximate surface area is 104 Å². The molecule has 1 aromatic carbocycles. The van der Waals surface area contributed by atoms with Crippen LogP contribution >= 0.6 is 0 Å². The topological polar surface area (TPSA) is 20.3 Å². The zero-order valence-electron chi connectivity index (χ0n) is 10.9. The van der Waals surface area contributed by atoms with Crippen molar-refractivity contribution in [3.8, 4) is 0 Å². The SMILES string of the molecule is Cc1ccc(CN2CCC(=O)C(C)C2C)cc1. The minimum atomic E-state index is 0.175. The van der Waals surface area contributed by atoms with Crippen molar-refractivity contribution >= 4 is 5.78 Å². The van der Waals surface area contributed by atoms with Crippen LogP contribution in [0.5, 0.6) is 0 Å². The maximum absolute atomic E-state index is 11.6. The third kappa shape index (κ3) is 2.75. The van der Waals surface area contributed by atoms with Crippen molar-refractivity contribution in [2.75, 3.05) is 6.54 Å². The number of benzene rings is 1. The molecule has 2 atom stereocenters. The maximum Gasteiger partial charge on any atom is 0.138 e. The van der Waals surface area contributed by atoms with E-state index in [-0.39, 0.29) is 5.92 Å². The summed E-state index contributed by atoms with van der Waals surface area (Å²) in [6.07, 6.45) is 0.706. The number of Topliss-reactive ketones (excluding diaryl/α,β-unsaturated/α-hetero) is 1. The molecule has 2 unspecified atom stereocenters. The summed E-state index contributed by atoms with van der Waals surface area (Å²) in [5.74, 6) is 0.590. The van der Waals surface area contributed by atoms with Gasteiger partial charge in [-0.1, -0.05) is 36.8 Å². The van der Waals surface area contributed by atoms with Gasteiger partial charge in [0.25, 0.3) is 0 Å². The summed E-state index contributed by atoms with van der Waals surface area (Å²) in [5.41, 5.74) is 2.63. The Bertz CT molecular complexity index is 396. The number of rotatable bonds is 2. The molecule has 1 aromatic rings. The van der Waals surface area contributed by atoms with Gasteiger partial charge in [-0.15, -0.1) is 0 Å². The Balaban J connectivity index is 2.04. The van der Waals surface area contributed by atoms with Gasteiger partial charge in [0, 0.05) is 31.5 Å². The largest absolute Gasteiger partial charge is 0.299 e. The van der Waals surface area contributed by atoms with Crippen LogP contribution in [0.3, 0.4) is 0 Å². The van der Waals surface area contributed by atoms with Gasteiger partial charge in [0.2, 0.25) is 0 Å². The summed E-state index contributed by atoms with van der Waals surface area (Å²) in [6, 6.07) is 9.03. The monoisotopic (exact) mass is 231 g/mol. The molecular weight excluding hydrogens is 210 g/mol. The van der Waals surface area contributed by atoms with E-state index >= 15 is 0 Å². The van der Waals surface area contributed by atoms with Crippen molar-refractivity contribution in [3.63, 3.8) is 0 Å². The van der Waals surface area contributed by atoms with E-state index in [0.29, 0.717) is 18.2 Å². The molecule has 0 amide bonds. The number of hydrogen-bond acceptors (Lipinski definition) is 2. The highest BCUT2D eigenvalue weighted by Crippen LogP contribution is 2.22. The fourth-order valence-electron chi connectivity index (χ4n) is 2.42. The number of hydrogen-bond donors (Lipinski definition) is 0. The molecule has 0 aliphatic carbocycles.